The maximum absolute atomic E-state index is 9.94. The fourth-order valence-corrected chi connectivity index (χ4v) is 4.55. The maximum atomic E-state index is 9.94. The first-order valence-corrected chi connectivity index (χ1v) is 6.49. The highest BCUT2D eigenvalue weighted by atomic mass is 32.2. The van der Waals surface area contributed by atoms with E-state index in [0.717, 1.165) is 12.2 Å². The van der Waals surface area contributed by atoms with Crippen molar-refractivity contribution in [3.8, 4) is 0 Å². The van der Waals surface area contributed by atoms with Gasteiger partial charge in [-0.2, -0.15) is 0 Å². The Balaban J connectivity index is 2.34. The van der Waals surface area contributed by atoms with Crippen LogP contribution in [-0.4, -0.2) is 10.9 Å². The van der Waals surface area contributed by atoms with E-state index in [0.29, 0.717) is 0 Å². The van der Waals surface area contributed by atoms with E-state index in [1.165, 1.54) is 19.9 Å². The first-order valence-electron chi connectivity index (χ1n) is 4.68. The number of hydrogen-bond donors (Lipinski definition) is 1. The molecule has 0 aliphatic carbocycles. The molecule has 1 aromatic carbocycles. The van der Waals surface area contributed by atoms with Gasteiger partial charge in [0.05, 0.1) is 10.3 Å². The van der Waals surface area contributed by atoms with Crippen molar-refractivity contribution in [2.45, 2.75) is 16.7 Å². The van der Waals surface area contributed by atoms with Gasteiger partial charge in [0.2, 0.25) is 0 Å². The zero-order chi connectivity index (χ0) is 9.54. The Bertz CT molecular complexity index is 475. The van der Waals surface area contributed by atoms with E-state index < -0.39 is 0 Å². The Kier molecular flexibility index (Phi) is 2.04. The molecule has 1 aromatic heterocycles. The molecule has 1 nitrogen and oxygen atoms in total. The van der Waals surface area contributed by atoms with Crippen LogP contribution in [0.4, 0.5) is 0 Å². The van der Waals surface area contributed by atoms with E-state index >= 15 is 0 Å². The van der Waals surface area contributed by atoms with Crippen molar-refractivity contribution in [3.63, 3.8) is 0 Å². The van der Waals surface area contributed by atoms with Crippen molar-refractivity contribution < 1.29 is 5.11 Å². The average Bonchev–Trinajstić information content (AvgIpc) is 2.57. The van der Waals surface area contributed by atoms with Crippen LogP contribution in [0.25, 0.3) is 10.1 Å². The number of fused-ring (bicyclic) bond motifs is 3. The van der Waals surface area contributed by atoms with Gasteiger partial charge in [-0.25, -0.2) is 0 Å². The fraction of sp³-hybridized carbons (Fsp3) is 0.273. The summed E-state index contributed by atoms with van der Waals surface area (Å²) in [5.41, 5.74) is 1.17. The quantitative estimate of drug-likeness (QED) is 0.737. The van der Waals surface area contributed by atoms with Gasteiger partial charge in [0.25, 0.3) is 0 Å². The summed E-state index contributed by atoms with van der Waals surface area (Å²) in [5.74, 6) is 1.04. The molecular weight excluding hydrogens is 212 g/mol. The monoisotopic (exact) mass is 222 g/mol. The number of hydrogen-bond acceptors (Lipinski definition) is 3. The van der Waals surface area contributed by atoms with E-state index in [-0.39, 0.29) is 6.10 Å². The van der Waals surface area contributed by atoms with Gasteiger partial charge in [-0.1, -0.05) is 18.2 Å². The molecule has 0 bridgehead atoms. The highest BCUT2D eigenvalue weighted by Gasteiger charge is 2.23. The molecule has 0 radical (unpaired) electrons. The van der Waals surface area contributed by atoms with Crippen LogP contribution in [0.2, 0.25) is 0 Å². The number of aliphatic hydroxyl groups excluding tert-OH is 1. The second-order valence-corrected chi connectivity index (χ2v) is 5.87. The SMILES string of the molecule is OC1CCSc2sc3ccccc3c21. The summed E-state index contributed by atoms with van der Waals surface area (Å²) in [7, 11) is 0. The highest BCUT2D eigenvalue weighted by Crippen LogP contribution is 2.45. The van der Waals surface area contributed by atoms with E-state index in [2.05, 4.69) is 18.2 Å². The average molecular weight is 222 g/mol. The second kappa shape index (κ2) is 3.26. The van der Waals surface area contributed by atoms with Crippen LogP contribution >= 0.6 is 23.1 Å². The van der Waals surface area contributed by atoms with Crippen molar-refractivity contribution in [2.24, 2.45) is 0 Å². The predicted molar refractivity (Wildman–Crippen MR) is 62.1 cm³/mol. The first kappa shape index (κ1) is 8.77. The molecule has 2 aromatic rings. The second-order valence-electron chi connectivity index (χ2n) is 3.45. The molecule has 2 heterocycles. The van der Waals surface area contributed by atoms with Crippen LogP contribution in [0, 0.1) is 0 Å². The lowest BCUT2D eigenvalue weighted by Gasteiger charge is -2.16. The molecule has 0 spiro atoms. The third-order valence-electron chi connectivity index (χ3n) is 2.56. The van der Waals surface area contributed by atoms with E-state index in [1.54, 1.807) is 11.3 Å². The molecule has 1 N–H and O–H groups in total. The lowest BCUT2D eigenvalue weighted by atomic mass is 10.1. The molecule has 1 aliphatic rings. The molecule has 3 rings (SSSR count). The summed E-state index contributed by atoms with van der Waals surface area (Å²) in [6.45, 7) is 0. The summed E-state index contributed by atoms with van der Waals surface area (Å²) >= 11 is 3.68. The maximum Gasteiger partial charge on any atom is 0.0823 e. The summed E-state index contributed by atoms with van der Waals surface area (Å²) in [5, 5.41) is 11.2. The molecule has 0 saturated heterocycles. The normalized spacial score (nSPS) is 21.1. The Morgan fingerprint density at radius 1 is 1.29 bits per heavy atom. The molecule has 0 amide bonds. The van der Waals surface area contributed by atoms with Crippen LogP contribution in [0.3, 0.4) is 0 Å². The van der Waals surface area contributed by atoms with Crippen molar-refractivity contribution >= 4 is 33.2 Å². The third-order valence-corrected chi connectivity index (χ3v) is 5.06. The highest BCUT2D eigenvalue weighted by molar-refractivity contribution is 8.01. The Morgan fingerprint density at radius 3 is 3.07 bits per heavy atom. The minimum Gasteiger partial charge on any atom is -0.388 e. The van der Waals surface area contributed by atoms with Crippen LogP contribution in [0.1, 0.15) is 18.1 Å². The van der Waals surface area contributed by atoms with Crippen molar-refractivity contribution in [3.05, 3.63) is 29.8 Å². The van der Waals surface area contributed by atoms with Gasteiger partial charge in [0.15, 0.2) is 0 Å². The number of benzene rings is 1. The number of rotatable bonds is 0. The van der Waals surface area contributed by atoms with Gasteiger partial charge in [-0.3, -0.25) is 0 Å². The van der Waals surface area contributed by atoms with Crippen molar-refractivity contribution in [1.82, 2.24) is 0 Å². The summed E-state index contributed by atoms with van der Waals surface area (Å²) < 4.78 is 2.61. The lowest BCUT2D eigenvalue weighted by Crippen LogP contribution is -2.03. The van der Waals surface area contributed by atoms with Crippen molar-refractivity contribution in [1.29, 1.82) is 0 Å². The Labute approximate surface area is 90.8 Å². The van der Waals surface area contributed by atoms with Crippen LogP contribution in [0.5, 0.6) is 0 Å². The van der Waals surface area contributed by atoms with E-state index in [9.17, 15) is 5.11 Å². The van der Waals surface area contributed by atoms with Gasteiger partial charge < -0.3 is 5.11 Å². The molecule has 0 fully saturated rings. The molecule has 1 atom stereocenters. The molecule has 72 valence electrons. The zero-order valence-corrected chi connectivity index (χ0v) is 9.20. The van der Waals surface area contributed by atoms with Crippen LogP contribution in [0.15, 0.2) is 28.5 Å². The largest absolute Gasteiger partial charge is 0.388 e. The molecule has 3 heteroatoms. The minimum atomic E-state index is -0.248. The lowest BCUT2D eigenvalue weighted by molar-refractivity contribution is 0.172. The molecular formula is C11H10OS2. The van der Waals surface area contributed by atoms with Gasteiger partial charge in [0.1, 0.15) is 0 Å². The minimum absolute atomic E-state index is 0.248. The predicted octanol–water partition coefficient (Wildman–Crippen LogP) is 3.43. The standard InChI is InChI=1S/C11H10OS2/c12-8-5-6-13-11-10(8)7-3-1-2-4-9(7)14-11/h1-4,8,12H,5-6H2. The summed E-state index contributed by atoms with van der Waals surface area (Å²) in [6, 6.07) is 8.34. The topological polar surface area (TPSA) is 20.2 Å². The summed E-state index contributed by atoms with van der Waals surface area (Å²) in [4.78, 5) is 0. The molecule has 14 heavy (non-hydrogen) atoms. The third kappa shape index (κ3) is 1.20. The smallest absolute Gasteiger partial charge is 0.0823 e. The number of thioether (sulfide) groups is 1. The van der Waals surface area contributed by atoms with Crippen molar-refractivity contribution in [2.75, 3.05) is 5.75 Å². The Hall–Kier alpha value is -0.510. The molecule has 1 aliphatic heterocycles. The zero-order valence-electron chi connectivity index (χ0n) is 7.56. The summed E-state index contributed by atoms with van der Waals surface area (Å²) in [6.07, 6.45) is 0.640. The Morgan fingerprint density at radius 2 is 2.14 bits per heavy atom. The first-order chi connectivity index (χ1) is 6.86. The number of aliphatic hydroxyl groups is 1. The van der Waals surface area contributed by atoms with Crippen LogP contribution in [-0.2, 0) is 0 Å². The molecule has 1 unspecified atom stereocenters. The number of thiophene rings is 1. The van der Waals surface area contributed by atoms with Gasteiger partial charge >= 0.3 is 0 Å². The van der Waals surface area contributed by atoms with E-state index in [4.69, 9.17) is 0 Å². The van der Waals surface area contributed by atoms with Gasteiger partial charge in [0, 0.05) is 16.0 Å². The van der Waals surface area contributed by atoms with Crippen LogP contribution < -0.4 is 0 Å². The molecule has 0 saturated carbocycles. The van der Waals surface area contributed by atoms with E-state index in [1.807, 2.05) is 17.8 Å². The van der Waals surface area contributed by atoms with Gasteiger partial charge in [-0.05, 0) is 17.9 Å². The van der Waals surface area contributed by atoms with Gasteiger partial charge in [-0.15, -0.1) is 23.1 Å². The fourth-order valence-electron chi connectivity index (χ4n) is 1.87.